The minimum absolute atomic E-state index is 0.220. The number of anilines is 2. The molecule has 0 aliphatic heterocycles. The SMILES string of the molecule is CCN(CC1CCC1)c1sc(C#N)c(N)c1C(=O)NC. The van der Waals surface area contributed by atoms with Crippen LogP contribution in [0.15, 0.2) is 0 Å². The third-order valence-electron chi connectivity index (χ3n) is 3.85. The van der Waals surface area contributed by atoms with Crippen molar-refractivity contribution in [1.82, 2.24) is 5.32 Å². The smallest absolute Gasteiger partial charge is 0.256 e. The predicted octanol–water partition coefficient (Wildman–Crippen LogP) is 2.19. The van der Waals surface area contributed by atoms with Crippen molar-refractivity contribution in [3.8, 4) is 6.07 Å². The minimum Gasteiger partial charge on any atom is -0.396 e. The van der Waals surface area contributed by atoms with Crippen LogP contribution in [0.1, 0.15) is 41.4 Å². The van der Waals surface area contributed by atoms with Crippen LogP contribution in [0.4, 0.5) is 10.7 Å². The number of hydrogen-bond acceptors (Lipinski definition) is 5. The van der Waals surface area contributed by atoms with E-state index in [1.807, 2.05) is 0 Å². The maximum absolute atomic E-state index is 12.1. The number of hydrogen-bond donors (Lipinski definition) is 2. The topological polar surface area (TPSA) is 82.2 Å². The van der Waals surface area contributed by atoms with Gasteiger partial charge in [-0.25, -0.2) is 0 Å². The van der Waals surface area contributed by atoms with E-state index in [1.54, 1.807) is 7.05 Å². The molecule has 1 aromatic rings. The summed E-state index contributed by atoms with van der Waals surface area (Å²) < 4.78 is 0. The molecule has 1 fully saturated rings. The van der Waals surface area contributed by atoms with E-state index in [4.69, 9.17) is 11.0 Å². The monoisotopic (exact) mass is 292 g/mol. The molecule has 6 heteroatoms. The van der Waals surface area contributed by atoms with Gasteiger partial charge in [-0.05, 0) is 25.7 Å². The van der Waals surface area contributed by atoms with Crippen molar-refractivity contribution in [2.45, 2.75) is 26.2 Å². The number of nitrogens with one attached hydrogen (secondary N) is 1. The standard InChI is InChI=1S/C14H20N4OS/c1-3-18(8-9-5-4-6-9)14-11(13(19)17-2)12(16)10(7-15)20-14/h9H,3-6,8,16H2,1-2H3,(H,17,19). The summed E-state index contributed by atoms with van der Waals surface area (Å²) in [5, 5.41) is 12.6. The van der Waals surface area contributed by atoms with Crippen LogP contribution in [0.5, 0.6) is 0 Å². The van der Waals surface area contributed by atoms with Crippen molar-refractivity contribution >= 4 is 27.9 Å². The Kier molecular flexibility index (Phi) is 4.50. The number of carbonyl (C=O) groups is 1. The van der Waals surface area contributed by atoms with Crippen molar-refractivity contribution < 1.29 is 4.79 Å². The van der Waals surface area contributed by atoms with Crippen molar-refractivity contribution in [3.63, 3.8) is 0 Å². The summed E-state index contributed by atoms with van der Waals surface area (Å²) in [6, 6.07) is 2.08. The highest BCUT2D eigenvalue weighted by atomic mass is 32.1. The van der Waals surface area contributed by atoms with E-state index in [9.17, 15) is 4.79 Å². The van der Waals surface area contributed by atoms with Gasteiger partial charge in [0.15, 0.2) is 0 Å². The average Bonchev–Trinajstić information content (AvgIpc) is 2.74. The second-order valence-electron chi connectivity index (χ2n) is 5.05. The van der Waals surface area contributed by atoms with Crippen LogP contribution in [0.25, 0.3) is 0 Å². The van der Waals surface area contributed by atoms with E-state index in [1.165, 1.54) is 30.6 Å². The van der Waals surface area contributed by atoms with Crippen molar-refractivity contribution in [1.29, 1.82) is 5.26 Å². The van der Waals surface area contributed by atoms with E-state index in [0.29, 0.717) is 22.0 Å². The fourth-order valence-electron chi connectivity index (χ4n) is 2.42. The molecule has 0 aromatic carbocycles. The Labute approximate surface area is 123 Å². The third-order valence-corrected chi connectivity index (χ3v) is 5.03. The molecule has 1 aliphatic carbocycles. The van der Waals surface area contributed by atoms with E-state index in [0.717, 1.165) is 18.1 Å². The molecule has 108 valence electrons. The number of amides is 1. The van der Waals surface area contributed by atoms with Crippen LogP contribution >= 0.6 is 11.3 Å². The molecular weight excluding hydrogens is 272 g/mol. The van der Waals surface area contributed by atoms with Crippen molar-refractivity contribution in [2.75, 3.05) is 30.8 Å². The number of carbonyl (C=O) groups excluding carboxylic acids is 1. The van der Waals surface area contributed by atoms with E-state index in [2.05, 4.69) is 23.2 Å². The molecule has 20 heavy (non-hydrogen) atoms. The van der Waals surface area contributed by atoms with Gasteiger partial charge in [0.25, 0.3) is 5.91 Å². The molecule has 1 heterocycles. The second kappa shape index (κ2) is 6.14. The highest BCUT2D eigenvalue weighted by Gasteiger charge is 2.27. The van der Waals surface area contributed by atoms with Gasteiger partial charge in [-0.1, -0.05) is 6.42 Å². The lowest BCUT2D eigenvalue weighted by Crippen LogP contribution is -2.33. The summed E-state index contributed by atoms with van der Waals surface area (Å²) in [5.41, 5.74) is 6.72. The zero-order valence-corrected chi connectivity index (χ0v) is 12.7. The molecule has 2 rings (SSSR count). The van der Waals surface area contributed by atoms with E-state index in [-0.39, 0.29) is 5.91 Å². The maximum atomic E-state index is 12.1. The first kappa shape index (κ1) is 14.7. The minimum atomic E-state index is -0.220. The van der Waals surface area contributed by atoms with Crippen LogP contribution in [0.3, 0.4) is 0 Å². The summed E-state index contributed by atoms with van der Waals surface area (Å²) in [7, 11) is 1.58. The molecule has 0 bridgehead atoms. The molecule has 1 aromatic heterocycles. The highest BCUT2D eigenvalue weighted by Crippen LogP contribution is 2.39. The second-order valence-corrected chi connectivity index (χ2v) is 6.05. The molecule has 0 unspecified atom stereocenters. The quantitative estimate of drug-likeness (QED) is 0.871. The van der Waals surface area contributed by atoms with Gasteiger partial charge in [-0.3, -0.25) is 4.79 Å². The summed E-state index contributed by atoms with van der Waals surface area (Å²) in [5.74, 6) is 0.476. The molecule has 0 spiro atoms. The lowest BCUT2D eigenvalue weighted by atomic mass is 9.85. The number of rotatable bonds is 5. The first-order valence-corrected chi connectivity index (χ1v) is 7.73. The fourth-order valence-corrected chi connectivity index (χ4v) is 3.51. The third kappa shape index (κ3) is 2.59. The van der Waals surface area contributed by atoms with E-state index < -0.39 is 0 Å². The lowest BCUT2D eigenvalue weighted by molar-refractivity contribution is 0.0964. The molecular formula is C14H20N4OS. The van der Waals surface area contributed by atoms with Gasteiger partial charge < -0.3 is 16.0 Å². The van der Waals surface area contributed by atoms with E-state index >= 15 is 0 Å². The van der Waals surface area contributed by atoms with Gasteiger partial charge in [0.05, 0.1) is 11.3 Å². The molecule has 1 amide bonds. The first-order valence-electron chi connectivity index (χ1n) is 6.91. The molecule has 5 nitrogen and oxygen atoms in total. The number of thiophene rings is 1. The normalized spacial score (nSPS) is 14.4. The van der Waals surface area contributed by atoms with Crippen LogP contribution in [-0.4, -0.2) is 26.0 Å². The highest BCUT2D eigenvalue weighted by molar-refractivity contribution is 7.17. The van der Waals surface area contributed by atoms with Crippen LogP contribution in [0.2, 0.25) is 0 Å². The summed E-state index contributed by atoms with van der Waals surface area (Å²) in [4.78, 5) is 14.7. The van der Waals surface area contributed by atoms with Crippen LogP contribution in [-0.2, 0) is 0 Å². The maximum Gasteiger partial charge on any atom is 0.256 e. The number of nitrogen functional groups attached to an aromatic ring is 1. The van der Waals surface area contributed by atoms with Gasteiger partial charge in [-0.15, -0.1) is 11.3 Å². The Balaban J connectivity index is 2.36. The lowest BCUT2D eigenvalue weighted by Gasteiger charge is -2.32. The molecule has 0 saturated heterocycles. The van der Waals surface area contributed by atoms with Gasteiger partial charge >= 0.3 is 0 Å². The van der Waals surface area contributed by atoms with Gasteiger partial charge in [0.2, 0.25) is 0 Å². The van der Waals surface area contributed by atoms with Crippen LogP contribution < -0.4 is 16.0 Å². The summed E-state index contributed by atoms with van der Waals surface area (Å²) >= 11 is 1.32. The Hall–Kier alpha value is -1.74. The molecule has 3 N–H and O–H groups in total. The van der Waals surface area contributed by atoms with Crippen molar-refractivity contribution in [3.05, 3.63) is 10.4 Å². The molecule has 1 aliphatic rings. The number of nitriles is 1. The van der Waals surface area contributed by atoms with Gasteiger partial charge in [0, 0.05) is 20.1 Å². The summed E-state index contributed by atoms with van der Waals surface area (Å²) in [6.45, 7) is 3.81. The Bertz CT molecular complexity index is 542. The average molecular weight is 292 g/mol. The molecule has 0 atom stereocenters. The summed E-state index contributed by atoms with van der Waals surface area (Å²) in [6.07, 6.45) is 3.79. The van der Waals surface area contributed by atoms with Gasteiger partial charge in [0.1, 0.15) is 15.9 Å². The van der Waals surface area contributed by atoms with Gasteiger partial charge in [-0.2, -0.15) is 5.26 Å². The van der Waals surface area contributed by atoms with Crippen molar-refractivity contribution in [2.24, 2.45) is 5.92 Å². The Morgan fingerprint density at radius 2 is 2.30 bits per heavy atom. The molecule has 0 radical (unpaired) electrons. The predicted molar refractivity (Wildman–Crippen MR) is 82.1 cm³/mol. The number of nitrogens with zero attached hydrogens (tertiary/aromatic N) is 2. The largest absolute Gasteiger partial charge is 0.396 e. The Morgan fingerprint density at radius 1 is 1.60 bits per heavy atom. The fraction of sp³-hybridized carbons (Fsp3) is 0.571. The zero-order chi connectivity index (χ0) is 14.7. The number of nitrogens with two attached hydrogens (primary N) is 1. The van der Waals surface area contributed by atoms with Crippen LogP contribution in [0, 0.1) is 17.2 Å². The zero-order valence-electron chi connectivity index (χ0n) is 11.9. The first-order chi connectivity index (χ1) is 9.62. The Morgan fingerprint density at radius 3 is 2.75 bits per heavy atom. The molecule has 1 saturated carbocycles.